The molecule has 31 heavy (non-hydrogen) atoms. The molecule has 1 amide bonds. The van der Waals surface area contributed by atoms with Gasteiger partial charge in [-0.2, -0.15) is 5.26 Å². The van der Waals surface area contributed by atoms with Gasteiger partial charge in [0.15, 0.2) is 5.13 Å². The van der Waals surface area contributed by atoms with E-state index in [2.05, 4.69) is 19.6 Å². The van der Waals surface area contributed by atoms with Gasteiger partial charge in [-0.25, -0.2) is 23.1 Å². The minimum Gasteiger partial charge on any atom is -0.344 e. The van der Waals surface area contributed by atoms with Crippen molar-refractivity contribution >= 4 is 42.7 Å². The van der Waals surface area contributed by atoms with Crippen molar-refractivity contribution < 1.29 is 13.2 Å². The summed E-state index contributed by atoms with van der Waals surface area (Å²) < 4.78 is 26.7. The summed E-state index contributed by atoms with van der Waals surface area (Å²) in [6, 6.07) is 11.5. The fourth-order valence-corrected chi connectivity index (χ4v) is 5.27. The Morgan fingerprint density at radius 3 is 2.58 bits per heavy atom. The van der Waals surface area contributed by atoms with Crippen LogP contribution in [0.3, 0.4) is 0 Å². The van der Waals surface area contributed by atoms with Crippen LogP contribution in [0.4, 0.5) is 5.13 Å². The maximum Gasteiger partial charge on any atom is 0.253 e. The lowest BCUT2D eigenvalue weighted by molar-refractivity contribution is 0.0746. The topological polar surface area (TPSA) is 119 Å². The predicted molar refractivity (Wildman–Crippen MR) is 117 cm³/mol. The average Bonchev–Trinajstić information content (AvgIpc) is 3.23. The molecule has 1 aliphatic heterocycles. The van der Waals surface area contributed by atoms with Gasteiger partial charge in [-0.15, -0.1) is 0 Å². The SMILES string of the molecule is N#CCCNS(=O)(=O)c1ccc(C(=O)N2CCN(c3nc4cccnc4s3)CC2)cc1. The van der Waals surface area contributed by atoms with Crippen LogP contribution < -0.4 is 9.62 Å². The monoisotopic (exact) mass is 456 g/mol. The maximum absolute atomic E-state index is 12.8. The van der Waals surface area contributed by atoms with Crippen LogP contribution in [-0.4, -0.2) is 61.9 Å². The fraction of sp³-hybridized carbons (Fsp3) is 0.300. The molecule has 3 heterocycles. The minimum atomic E-state index is -3.69. The molecule has 11 heteroatoms. The van der Waals surface area contributed by atoms with Gasteiger partial charge in [0.25, 0.3) is 5.91 Å². The van der Waals surface area contributed by atoms with E-state index in [0.29, 0.717) is 31.7 Å². The Morgan fingerprint density at radius 1 is 1.16 bits per heavy atom. The lowest BCUT2D eigenvalue weighted by atomic mass is 10.2. The summed E-state index contributed by atoms with van der Waals surface area (Å²) >= 11 is 1.54. The average molecular weight is 457 g/mol. The van der Waals surface area contributed by atoms with E-state index < -0.39 is 10.0 Å². The van der Waals surface area contributed by atoms with E-state index >= 15 is 0 Å². The Kier molecular flexibility index (Phi) is 6.13. The molecule has 0 unspecified atom stereocenters. The number of rotatable bonds is 6. The molecule has 4 rings (SSSR count). The van der Waals surface area contributed by atoms with Gasteiger partial charge in [-0.3, -0.25) is 4.79 Å². The van der Waals surface area contributed by atoms with Crippen molar-refractivity contribution in [1.29, 1.82) is 5.26 Å². The second kappa shape index (κ2) is 8.97. The van der Waals surface area contributed by atoms with Gasteiger partial charge >= 0.3 is 0 Å². The third kappa shape index (κ3) is 4.66. The largest absolute Gasteiger partial charge is 0.344 e. The number of nitriles is 1. The summed E-state index contributed by atoms with van der Waals surface area (Å²) in [5.74, 6) is -0.132. The standard InChI is InChI=1S/C20H20N6O3S2/c21-8-2-10-23-31(28,29)16-6-4-15(5-7-16)19(27)25-11-13-26(14-12-25)20-24-17-3-1-9-22-18(17)30-20/h1,3-7,9,23H,2,10-14H2. The second-order valence-corrected chi connectivity index (χ2v) is 9.66. The van der Waals surface area contributed by atoms with Crippen LogP contribution >= 0.6 is 11.3 Å². The Morgan fingerprint density at radius 2 is 1.90 bits per heavy atom. The van der Waals surface area contributed by atoms with Gasteiger partial charge in [0, 0.05) is 50.9 Å². The second-order valence-electron chi connectivity index (χ2n) is 6.93. The Labute approximate surface area is 184 Å². The predicted octanol–water partition coefficient (Wildman–Crippen LogP) is 1.85. The Balaban J connectivity index is 1.37. The van der Waals surface area contributed by atoms with Crippen molar-refractivity contribution in [3.63, 3.8) is 0 Å². The number of fused-ring (bicyclic) bond motifs is 1. The summed E-state index contributed by atoms with van der Waals surface area (Å²) in [5, 5.41) is 9.44. The van der Waals surface area contributed by atoms with Crippen LogP contribution in [0.2, 0.25) is 0 Å². The summed E-state index contributed by atoms with van der Waals surface area (Å²) in [7, 11) is -3.69. The number of carbonyl (C=O) groups is 1. The number of anilines is 1. The van der Waals surface area contributed by atoms with Crippen molar-refractivity contribution in [1.82, 2.24) is 19.6 Å². The molecule has 1 fully saturated rings. The normalized spacial score (nSPS) is 14.5. The number of carbonyl (C=O) groups excluding carboxylic acids is 1. The van der Waals surface area contributed by atoms with E-state index in [1.807, 2.05) is 18.2 Å². The highest BCUT2D eigenvalue weighted by molar-refractivity contribution is 7.89. The number of piperazine rings is 1. The van der Waals surface area contributed by atoms with Crippen LogP contribution in [0, 0.1) is 11.3 Å². The van der Waals surface area contributed by atoms with Crippen LogP contribution in [0.1, 0.15) is 16.8 Å². The van der Waals surface area contributed by atoms with E-state index in [1.165, 1.54) is 24.3 Å². The molecule has 1 aliphatic rings. The van der Waals surface area contributed by atoms with E-state index in [1.54, 1.807) is 22.4 Å². The third-order valence-electron chi connectivity index (χ3n) is 4.93. The van der Waals surface area contributed by atoms with Gasteiger partial charge in [0.05, 0.1) is 11.0 Å². The number of nitrogens with one attached hydrogen (secondary N) is 1. The molecule has 0 saturated carbocycles. The molecule has 0 spiro atoms. The zero-order valence-corrected chi connectivity index (χ0v) is 18.2. The quantitative estimate of drug-likeness (QED) is 0.562. The first kappa shape index (κ1) is 21.2. The molecule has 0 bridgehead atoms. The molecule has 3 aromatic rings. The summed E-state index contributed by atoms with van der Waals surface area (Å²) in [5.41, 5.74) is 1.31. The first-order valence-corrected chi connectivity index (χ1v) is 12.0. The number of aromatic nitrogens is 2. The Hall–Kier alpha value is -3.07. The van der Waals surface area contributed by atoms with Crippen molar-refractivity contribution in [3.05, 3.63) is 48.2 Å². The lowest BCUT2D eigenvalue weighted by Gasteiger charge is -2.34. The van der Waals surface area contributed by atoms with Crippen LogP contribution in [-0.2, 0) is 10.0 Å². The molecule has 1 aromatic carbocycles. The smallest absolute Gasteiger partial charge is 0.253 e. The molecule has 1 saturated heterocycles. The molecule has 0 atom stereocenters. The van der Waals surface area contributed by atoms with E-state index in [4.69, 9.17) is 5.26 Å². The van der Waals surface area contributed by atoms with Crippen LogP contribution in [0.5, 0.6) is 0 Å². The molecule has 160 valence electrons. The number of nitrogens with zero attached hydrogens (tertiary/aromatic N) is 5. The van der Waals surface area contributed by atoms with Crippen molar-refractivity contribution in [2.45, 2.75) is 11.3 Å². The van der Waals surface area contributed by atoms with E-state index in [0.717, 1.165) is 15.5 Å². The highest BCUT2D eigenvalue weighted by atomic mass is 32.2. The van der Waals surface area contributed by atoms with Gasteiger partial charge in [0.1, 0.15) is 10.3 Å². The van der Waals surface area contributed by atoms with Gasteiger partial charge < -0.3 is 9.80 Å². The molecular weight excluding hydrogens is 436 g/mol. The molecule has 0 radical (unpaired) electrons. The molecule has 9 nitrogen and oxygen atoms in total. The number of amides is 1. The number of benzene rings is 1. The maximum atomic E-state index is 12.8. The van der Waals surface area contributed by atoms with Crippen LogP contribution in [0.15, 0.2) is 47.5 Å². The number of pyridine rings is 1. The van der Waals surface area contributed by atoms with Crippen LogP contribution in [0.25, 0.3) is 10.3 Å². The van der Waals surface area contributed by atoms with Crippen molar-refractivity contribution in [2.75, 3.05) is 37.6 Å². The number of hydrogen-bond acceptors (Lipinski definition) is 8. The lowest BCUT2D eigenvalue weighted by Crippen LogP contribution is -2.48. The number of thiazole rings is 1. The van der Waals surface area contributed by atoms with Crippen molar-refractivity contribution in [2.24, 2.45) is 0 Å². The van der Waals surface area contributed by atoms with Gasteiger partial charge in [-0.1, -0.05) is 11.3 Å². The summed E-state index contributed by atoms with van der Waals surface area (Å²) in [6.07, 6.45) is 1.84. The minimum absolute atomic E-state index is 0.0501. The molecule has 1 N–H and O–H groups in total. The third-order valence-corrected chi connectivity index (χ3v) is 7.45. The highest BCUT2D eigenvalue weighted by Gasteiger charge is 2.24. The van der Waals surface area contributed by atoms with Gasteiger partial charge in [-0.05, 0) is 36.4 Å². The van der Waals surface area contributed by atoms with Gasteiger partial charge in [0.2, 0.25) is 10.0 Å². The zero-order valence-electron chi connectivity index (χ0n) is 16.6. The zero-order chi connectivity index (χ0) is 21.8. The summed E-state index contributed by atoms with van der Waals surface area (Å²) in [6.45, 7) is 2.49. The Bertz CT molecular complexity index is 1190. The van der Waals surface area contributed by atoms with E-state index in [-0.39, 0.29) is 23.8 Å². The fourth-order valence-electron chi connectivity index (χ4n) is 3.28. The van der Waals surface area contributed by atoms with E-state index in [9.17, 15) is 13.2 Å². The first-order chi connectivity index (χ1) is 15.0. The molecule has 2 aromatic heterocycles. The number of hydrogen-bond donors (Lipinski definition) is 1. The molecule has 0 aliphatic carbocycles. The first-order valence-electron chi connectivity index (χ1n) is 9.70. The summed E-state index contributed by atoms with van der Waals surface area (Å²) in [4.78, 5) is 26.7. The highest BCUT2D eigenvalue weighted by Crippen LogP contribution is 2.27. The number of sulfonamides is 1. The van der Waals surface area contributed by atoms with Crippen molar-refractivity contribution in [3.8, 4) is 6.07 Å². The molecular formula is C20H20N6O3S2.